The number of sulfonamides is 1. The zero-order valence-corrected chi connectivity index (χ0v) is 22.2. The van der Waals surface area contributed by atoms with Gasteiger partial charge in [0.15, 0.2) is 22.2 Å². The minimum absolute atomic E-state index is 0.149. The van der Waals surface area contributed by atoms with E-state index < -0.39 is 10.0 Å². The van der Waals surface area contributed by atoms with Crippen LogP contribution in [0.5, 0.6) is 5.75 Å². The van der Waals surface area contributed by atoms with Gasteiger partial charge in [0.2, 0.25) is 15.9 Å². The van der Waals surface area contributed by atoms with E-state index >= 15 is 0 Å². The van der Waals surface area contributed by atoms with Gasteiger partial charge in [-0.05, 0) is 55.5 Å². The molecule has 8 nitrogen and oxygen atoms in total. The number of carbonyl (C=O) groups is 1. The van der Waals surface area contributed by atoms with Gasteiger partial charge < -0.3 is 14.5 Å². The number of piperidine rings is 1. The van der Waals surface area contributed by atoms with E-state index in [0.29, 0.717) is 53.8 Å². The molecule has 4 aromatic rings. The quantitative estimate of drug-likeness (QED) is 0.315. The molecule has 0 aliphatic carbocycles. The molecule has 0 unspecified atom stereocenters. The van der Waals surface area contributed by atoms with Gasteiger partial charge in [-0.15, -0.1) is 23.1 Å². The fourth-order valence-electron chi connectivity index (χ4n) is 4.23. The van der Waals surface area contributed by atoms with E-state index in [4.69, 9.17) is 9.15 Å². The van der Waals surface area contributed by atoms with Crippen LogP contribution in [0.1, 0.15) is 12.8 Å². The van der Waals surface area contributed by atoms with Crippen molar-refractivity contribution in [3.05, 3.63) is 53.9 Å². The van der Waals surface area contributed by atoms with Gasteiger partial charge in [0.25, 0.3) is 0 Å². The van der Waals surface area contributed by atoms with Gasteiger partial charge in [-0.2, -0.15) is 4.31 Å². The summed E-state index contributed by atoms with van der Waals surface area (Å²) in [4.78, 5) is 18.7. The number of thioether (sulfide) groups is 1. The molecule has 0 bridgehead atoms. The second-order valence-corrected chi connectivity index (χ2v) is 12.0. The Labute approximate surface area is 217 Å². The van der Waals surface area contributed by atoms with Crippen LogP contribution in [0.4, 0.5) is 5.13 Å². The van der Waals surface area contributed by atoms with Crippen molar-refractivity contribution in [2.24, 2.45) is 5.92 Å². The molecule has 0 atom stereocenters. The number of hydrogen-bond donors (Lipinski definition) is 1. The molecule has 1 saturated heterocycles. The number of rotatable bonds is 7. The molecule has 188 valence electrons. The highest BCUT2D eigenvalue weighted by Gasteiger charge is 2.32. The van der Waals surface area contributed by atoms with E-state index in [1.54, 1.807) is 31.0 Å². The molecule has 11 heteroatoms. The van der Waals surface area contributed by atoms with Gasteiger partial charge in [-0.3, -0.25) is 4.79 Å². The minimum Gasteiger partial charge on any atom is -0.493 e. The van der Waals surface area contributed by atoms with Crippen LogP contribution in [-0.2, 0) is 14.8 Å². The number of fused-ring (bicyclic) bond motifs is 1. The van der Waals surface area contributed by atoms with Gasteiger partial charge in [-0.25, -0.2) is 13.4 Å². The summed E-state index contributed by atoms with van der Waals surface area (Å²) in [6.45, 7) is 0.600. The molecule has 1 aliphatic heterocycles. The Kier molecular flexibility index (Phi) is 7.07. The first kappa shape index (κ1) is 24.8. The third-order valence-corrected chi connectivity index (χ3v) is 9.65. The predicted molar refractivity (Wildman–Crippen MR) is 142 cm³/mol. The zero-order valence-electron chi connectivity index (χ0n) is 19.8. The third kappa shape index (κ3) is 4.88. The number of furan rings is 1. The number of nitrogens with one attached hydrogen (secondary N) is 1. The topological polar surface area (TPSA) is 102 Å². The van der Waals surface area contributed by atoms with Crippen molar-refractivity contribution in [1.82, 2.24) is 9.29 Å². The van der Waals surface area contributed by atoms with Gasteiger partial charge in [-0.1, -0.05) is 12.1 Å². The lowest BCUT2D eigenvalue weighted by Crippen LogP contribution is -2.41. The Balaban J connectivity index is 1.21. The van der Waals surface area contributed by atoms with Gasteiger partial charge >= 0.3 is 0 Å². The number of anilines is 1. The lowest BCUT2D eigenvalue weighted by Gasteiger charge is -2.30. The van der Waals surface area contributed by atoms with Crippen molar-refractivity contribution >= 4 is 55.1 Å². The second-order valence-electron chi connectivity index (χ2n) is 8.37. The predicted octanol–water partition coefficient (Wildman–Crippen LogP) is 5.33. The average Bonchev–Trinajstić information content (AvgIpc) is 3.55. The number of methoxy groups -OCH3 is 1. The third-order valence-electron chi connectivity index (χ3n) is 6.24. The van der Waals surface area contributed by atoms with Crippen LogP contribution < -0.4 is 10.1 Å². The number of aromatic nitrogens is 1. The summed E-state index contributed by atoms with van der Waals surface area (Å²) in [6.07, 6.45) is 2.85. The Hall–Kier alpha value is -2.86. The number of amides is 1. The van der Waals surface area contributed by atoms with E-state index in [1.807, 2.05) is 48.0 Å². The molecule has 0 spiro atoms. The number of hydrogen-bond acceptors (Lipinski definition) is 8. The highest BCUT2D eigenvalue weighted by atomic mass is 32.2. The SMILES string of the molecule is COc1cccc2cc(-c3csc(NC(=O)C4CCN(S(=O)(=O)c5ccc(SC)cc5)CC4)n3)oc12. The van der Waals surface area contributed by atoms with Gasteiger partial charge in [0.05, 0.1) is 12.0 Å². The first-order valence-corrected chi connectivity index (χ1v) is 14.9. The van der Waals surface area contributed by atoms with Crippen molar-refractivity contribution in [2.75, 3.05) is 31.8 Å². The number of benzene rings is 2. The Bertz CT molecular complexity index is 1490. The molecule has 2 aromatic heterocycles. The lowest BCUT2D eigenvalue weighted by molar-refractivity contribution is -0.120. The highest BCUT2D eigenvalue weighted by molar-refractivity contribution is 7.98. The maximum Gasteiger partial charge on any atom is 0.243 e. The van der Waals surface area contributed by atoms with E-state index in [-0.39, 0.29) is 16.7 Å². The van der Waals surface area contributed by atoms with Crippen LogP contribution in [0.25, 0.3) is 22.4 Å². The van der Waals surface area contributed by atoms with Crippen molar-refractivity contribution in [3.8, 4) is 17.2 Å². The molecule has 0 saturated carbocycles. The summed E-state index contributed by atoms with van der Waals surface area (Å²) >= 11 is 2.88. The Morgan fingerprint density at radius 3 is 2.64 bits per heavy atom. The molecule has 0 radical (unpaired) electrons. The number of carbonyl (C=O) groups excluding carboxylic acids is 1. The molecular weight excluding hydrogens is 518 g/mol. The van der Waals surface area contributed by atoms with Crippen LogP contribution in [0.2, 0.25) is 0 Å². The number of para-hydroxylation sites is 1. The highest BCUT2D eigenvalue weighted by Crippen LogP contribution is 2.35. The first-order valence-electron chi connectivity index (χ1n) is 11.4. The summed E-state index contributed by atoms with van der Waals surface area (Å²) in [5.74, 6) is 0.810. The molecule has 5 rings (SSSR count). The van der Waals surface area contributed by atoms with Gasteiger partial charge in [0, 0.05) is 34.7 Å². The first-order chi connectivity index (χ1) is 17.4. The van der Waals surface area contributed by atoms with Crippen molar-refractivity contribution in [3.63, 3.8) is 0 Å². The summed E-state index contributed by atoms with van der Waals surface area (Å²) in [5, 5.41) is 6.10. The fraction of sp³-hybridized carbons (Fsp3) is 0.280. The van der Waals surface area contributed by atoms with Crippen molar-refractivity contribution in [1.29, 1.82) is 0 Å². The van der Waals surface area contributed by atoms with Crippen LogP contribution in [-0.4, -0.2) is 50.1 Å². The van der Waals surface area contributed by atoms with E-state index in [1.165, 1.54) is 15.6 Å². The van der Waals surface area contributed by atoms with Crippen LogP contribution in [0.3, 0.4) is 0 Å². The average molecular weight is 544 g/mol. The summed E-state index contributed by atoms with van der Waals surface area (Å²) in [5.41, 5.74) is 1.28. The van der Waals surface area contributed by atoms with Crippen LogP contribution >= 0.6 is 23.1 Å². The van der Waals surface area contributed by atoms with Gasteiger partial charge in [0.1, 0.15) is 5.69 Å². The molecule has 36 heavy (non-hydrogen) atoms. The zero-order chi connectivity index (χ0) is 25.3. The molecule has 1 amide bonds. The number of nitrogens with zero attached hydrogens (tertiary/aromatic N) is 2. The van der Waals surface area contributed by atoms with E-state index in [2.05, 4.69) is 10.3 Å². The monoisotopic (exact) mass is 543 g/mol. The Morgan fingerprint density at radius 1 is 1.19 bits per heavy atom. The number of thiazole rings is 1. The van der Waals surface area contributed by atoms with E-state index in [0.717, 1.165) is 10.3 Å². The molecule has 1 fully saturated rings. The maximum atomic E-state index is 13.0. The summed E-state index contributed by atoms with van der Waals surface area (Å²) in [7, 11) is -1.98. The fourth-order valence-corrected chi connectivity index (χ4v) is 6.81. The lowest BCUT2D eigenvalue weighted by atomic mass is 9.97. The van der Waals surface area contributed by atoms with Crippen LogP contribution in [0, 0.1) is 5.92 Å². The molecule has 1 aliphatic rings. The summed E-state index contributed by atoms with van der Waals surface area (Å²) in [6, 6.07) is 14.4. The molecule has 1 N–H and O–H groups in total. The smallest absolute Gasteiger partial charge is 0.243 e. The van der Waals surface area contributed by atoms with E-state index in [9.17, 15) is 13.2 Å². The number of ether oxygens (including phenoxy) is 1. The molecule has 3 heterocycles. The van der Waals surface area contributed by atoms with Crippen LogP contribution in [0.15, 0.2) is 68.1 Å². The Morgan fingerprint density at radius 2 is 1.94 bits per heavy atom. The van der Waals surface area contributed by atoms with Crippen molar-refractivity contribution in [2.45, 2.75) is 22.6 Å². The maximum absolute atomic E-state index is 13.0. The molecular formula is C25H25N3O5S3. The largest absolute Gasteiger partial charge is 0.493 e. The minimum atomic E-state index is -3.58. The standard InChI is InChI=1S/C25H25N3O5S3/c1-32-21-5-3-4-17-14-22(33-23(17)21)20-15-35-25(26-20)27-24(29)16-10-12-28(13-11-16)36(30,31)19-8-6-18(34-2)7-9-19/h3-9,14-16H,10-13H2,1-2H3,(H,26,27,29). The second kappa shape index (κ2) is 10.3. The molecule has 2 aromatic carbocycles. The summed E-state index contributed by atoms with van der Waals surface area (Å²) < 4.78 is 38.7. The van der Waals surface area contributed by atoms with Crippen molar-refractivity contribution < 1.29 is 22.4 Å². The normalized spacial score (nSPS) is 15.3.